The summed E-state index contributed by atoms with van der Waals surface area (Å²) < 4.78 is 11.3. The first-order chi connectivity index (χ1) is 13.5. The van der Waals surface area contributed by atoms with E-state index in [1.165, 1.54) is 25.4 Å². The van der Waals surface area contributed by atoms with Gasteiger partial charge >= 0.3 is 5.97 Å². The first-order valence-corrected chi connectivity index (χ1v) is 9.87. The average Bonchev–Trinajstić information content (AvgIpc) is 3.16. The maximum absolute atomic E-state index is 11.2. The first-order valence-electron chi connectivity index (χ1n) is 8.20. The summed E-state index contributed by atoms with van der Waals surface area (Å²) in [5.41, 5.74) is 2.96. The summed E-state index contributed by atoms with van der Waals surface area (Å²) in [5, 5.41) is 12.2. The minimum Gasteiger partial charge on any atom is -0.493 e. The lowest BCUT2D eigenvalue weighted by atomic mass is 10.1. The quantitative estimate of drug-likeness (QED) is 0.286. The number of carbonyl (C=O) groups is 1. The van der Waals surface area contributed by atoms with Crippen molar-refractivity contribution in [3.63, 3.8) is 0 Å². The largest absolute Gasteiger partial charge is 0.493 e. The van der Waals surface area contributed by atoms with Crippen LogP contribution in [0, 0.1) is 11.3 Å². The maximum atomic E-state index is 11.2. The molecule has 28 heavy (non-hydrogen) atoms. The van der Waals surface area contributed by atoms with E-state index in [1.54, 1.807) is 24.3 Å². The SMILES string of the molecule is COc1cc(C=C(C#N)c2nc(-c3cccc(Br)c3)cs2)ccc1OC(C)=O. The van der Waals surface area contributed by atoms with E-state index in [0.29, 0.717) is 22.1 Å². The van der Waals surface area contributed by atoms with Crippen molar-refractivity contribution in [3.05, 3.63) is 62.9 Å². The standard InChI is InChI=1S/C21H15BrN2O3S/c1-13(25)27-19-7-6-14(9-20(19)26-2)8-16(11-23)21-24-18(12-28-21)15-4-3-5-17(22)10-15/h3-10,12H,1-2H3. The molecule has 0 aliphatic carbocycles. The summed E-state index contributed by atoms with van der Waals surface area (Å²) in [6.07, 6.45) is 1.73. The van der Waals surface area contributed by atoms with E-state index in [0.717, 1.165) is 21.3 Å². The molecule has 3 aromatic rings. The van der Waals surface area contributed by atoms with Crippen LogP contribution in [-0.4, -0.2) is 18.1 Å². The Balaban J connectivity index is 1.93. The van der Waals surface area contributed by atoms with Crippen molar-refractivity contribution in [1.82, 2.24) is 4.98 Å². The average molecular weight is 455 g/mol. The molecule has 0 radical (unpaired) electrons. The van der Waals surface area contributed by atoms with Crippen LogP contribution in [0.2, 0.25) is 0 Å². The van der Waals surface area contributed by atoms with Crippen LogP contribution in [0.15, 0.2) is 52.3 Å². The van der Waals surface area contributed by atoms with Gasteiger partial charge in [0.05, 0.1) is 18.4 Å². The zero-order chi connectivity index (χ0) is 20.1. The number of benzene rings is 2. The van der Waals surface area contributed by atoms with Crippen molar-refractivity contribution < 1.29 is 14.3 Å². The Bertz CT molecular complexity index is 1100. The van der Waals surface area contributed by atoms with Gasteiger partial charge < -0.3 is 9.47 Å². The lowest BCUT2D eigenvalue weighted by Crippen LogP contribution is -2.03. The third kappa shape index (κ3) is 4.66. The van der Waals surface area contributed by atoms with Gasteiger partial charge in [-0.25, -0.2) is 4.98 Å². The highest BCUT2D eigenvalue weighted by Crippen LogP contribution is 2.32. The molecule has 0 N–H and O–H groups in total. The Kier molecular flexibility index (Phi) is 6.24. The van der Waals surface area contributed by atoms with Crippen molar-refractivity contribution in [3.8, 4) is 28.8 Å². The Morgan fingerprint density at radius 1 is 1.25 bits per heavy atom. The lowest BCUT2D eigenvalue weighted by Gasteiger charge is -2.08. The van der Waals surface area contributed by atoms with Crippen LogP contribution in [0.1, 0.15) is 17.5 Å². The normalized spacial score (nSPS) is 11.0. The molecular formula is C21H15BrN2O3S. The minimum atomic E-state index is -0.429. The molecule has 0 bridgehead atoms. The number of ether oxygens (including phenoxy) is 2. The van der Waals surface area contributed by atoms with Crippen LogP contribution in [0.4, 0.5) is 0 Å². The van der Waals surface area contributed by atoms with Crippen molar-refractivity contribution in [2.75, 3.05) is 7.11 Å². The van der Waals surface area contributed by atoms with E-state index < -0.39 is 5.97 Å². The van der Waals surface area contributed by atoms with Crippen molar-refractivity contribution in [1.29, 1.82) is 5.26 Å². The van der Waals surface area contributed by atoms with Gasteiger partial charge in [-0.3, -0.25) is 4.79 Å². The Morgan fingerprint density at radius 3 is 2.75 bits per heavy atom. The van der Waals surface area contributed by atoms with E-state index in [4.69, 9.17) is 9.47 Å². The summed E-state index contributed by atoms with van der Waals surface area (Å²) >= 11 is 4.86. The molecule has 5 nitrogen and oxygen atoms in total. The highest BCUT2D eigenvalue weighted by molar-refractivity contribution is 9.10. The molecule has 0 saturated carbocycles. The molecule has 0 fully saturated rings. The number of hydrogen-bond donors (Lipinski definition) is 0. The van der Waals surface area contributed by atoms with Gasteiger partial charge in [0.25, 0.3) is 0 Å². The number of thiazole rings is 1. The van der Waals surface area contributed by atoms with Crippen LogP contribution in [-0.2, 0) is 4.79 Å². The summed E-state index contributed by atoms with van der Waals surface area (Å²) in [6.45, 7) is 1.33. The zero-order valence-corrected chi connectivity index (χ0v) is 17.5. The number of rotatable bonds is 5. The Labute approximate surface area is 175 Å². The topological polar surface area (TPSA) is 72.2 Å². The molecule has 0 saturated heterocycles. The van der Waals surface area contributed by atoms with Gasteiger partial charge in [-0.1, -0.05) is 34.1 Å². The number of aromatic nitrogens is 1. The summed E-state index contributed by atoms with van der Waals surface area (Å²) in [4.78, 5) is 15.8. The fraction of sp³-hybridized carbons (Fsp3) is 0.0952. The summed E-state index contributed by atoms with van der Waals surface area (Å²) in [6, 6.07) is 15.1. The monoisotopic (exact) mass is 454 g/mol. The molecule has 1 aromatic heterocycles. The summed E-state index contributed by atoms with van der Waals surface area (Å²) in [7, 11) is 1.49. The van der Waals surface area contributed by atoms with Gasteiger partial charge in [-0.15, -0.1) is 11.3 Å². The smallest absolute Gasteiger partial charge is 0.308 e. The second-order valence-electron chi connectivity index (χ2n) is 5.72. The van der Waals surface area contributed by atoms with Crippen molar-refractivity contribution in [2.24, 2.45) is 0 Å². The number of esters is 1. The van der Waals surface area contributed by atoms with Gasteiger partial charge in [0.1, 0.15) is 11.1 Å². The number of halogens is 1. The van der Waals surface area contributed by atoms with E-state index in [9.17, 15) is 10.1 Å². The van der Waals surface area contributed by atoms with Crippen LogP contribution in [0.5, 0.6) is 11.5 Å². The fourth-order valence-corrected chi connectivity index (χ4v) is 3.69. The number of hydrogen-bond acceptors (Lipinski definition) is 6. The maximum Gasteiger partial charge on any atom is 0.308 e. The lowest BCUT2D eigenvalue weighted by molar-refractivity contribution is -0.132. The second kappa shape index (κ2) is 8.83. The highest BCUT2D eigenvalue weighted by Gasteiger charge is 2.11. The molecule has 140 valence electrons. The minimum absolute atomic E-state index is 0.330. The third-order valence-electron chi connectivity index (χ3n) is 3.73. The number of nitriles is 1. The molecule has 2 aromatic carbocycles. The fourth-order valence-electron chi connectivity index (χ4n) is 2.50. The van der Waals surface area contributed by atoms with Crippen LogP contribution in [0.3, 0.4) is 0 Å². The third-order valence-corrected chi connectivity index (χ3v) is 5.10. The number of methoxy groups -OCH3 is 1. The van der Waals surface area contributed by atoms with E-state index in [1.807, 2.05) is 29.6 Å². The Hall–Kier alpha value is -2.95. The molecule has 0 aliphatic rings. The Morgan fingerprint density at radius 2 is 2.07 bits per heavy atom. The molecule has 0 atom stereocenters. The molecular weight excluding hydrogens is 440 g/mol. The van der Waals surface area contributed by atoms with Gasteiger partial charge in [0.2, 0.25) is 0 Å². The van der Waals surface area contributed by atoms with E-state index >= 15 is 0 Å². The summed E-state index contributed by atoms with van der Waals surface area (Å²) in [5.74, 6) is 0.314. The molecule has 3 rings (SSSR count). The van der Waals surface area contributed by atoms with Gasteiger partial charge in [0, 0.05) is 22.3 Å². The van der Waals surface area contributed by atoms with Gasteiger partial charge in [-0.2, -0.15) is 5.26 Å². The number of carbonyl (C=O) groups excluding carboxylic acids is 1. The molecule has 1 heterocycles. The van der Waals surface area contributed by atoms with E-state index in [2.05, 4.69) is 27.0 Å². The van der Waals surface area contributed by atoms with Gasteiger partial charge in [-0.05, 0) is 35.9 Å². The van der Waals surface area contributed by atoms with Crippen molar-refractivity contribution in [2.45, 2.75) is 6.92 Å². The molecule has 7 heteroatoms. The predicted molar refractivity (Wildman–Crippen MR) is 113 cm³/mol. The zero-order valence-electron chi connectivity index (χ0n) is 15.1. The van der Waals surface area contributed by atoms with Crippen LogP contribution in [0.25, 0.3) is 22.9 Å². The number of allylic oxidation sites excluding steroid dienone is 1. The van der Waals surface area contributed by atoms with E-state index in [-0.39, 0.29) is 0 Å². The molecule has 0 unspecified atom stereocenters. The van der Waals surface area contributed by atoms with Gasteiger partial charge in [0.15, 0.2) is 11.5 Å². The molecule has 0 amide bonds. The molecule has 0 spiro atoms. The first kappa shape index (κ1) is 19.8. The second-order valence-corrected chi connectivity index (χ2v) is 7.50. The van der Waals surface area contributed by atoms with Crippen molar-refractivity contribution >= 4 is 44.9 Å². The van der Waals surface area contributed by atoms with Crippen LogP contribution < -0.4 is 9.47 Å². The van der Waals surface area contributed by atoms with Crippen LogP contribution >= 0.6 is 27.3 Å². The highest BCUT2D eigenvalue weighted by atomic mass is 79.9. The molecule has 0 aliphatic heterocycles. The predicted octanol–water partition coefficient (Wildman–Crippen LogP) is 5.57. The number of nitrogens with zero attached hydrogens (tertiary/aromatic N) is 2.